The van der Waals surface area contributed by atoms with E-state index in [1.54, 1.807) is 13.0 Å². The van der Waals surface area contributed by atoms with Crippen molar-refractivity contribution in [1.82, 2.24) is 0 Å². The molecular weight excluding hydrogens is 318 g/mol. The fourth-order valence-corrected chi connectivity index (χ4v) is 1.56. The van der Waals surface area contributed by atoms with Crippen LogP contribution in [0, 0.1) is 10.1 Å². The van der Waals surface area contributed by atoms with Gasteiger partial charge >= 0.3 is 11.7 Å². The molecule has 6 nitrogen and oxygen atoms in total. The molecule has 0 fully saturated rings. The maximum atomic E-state index is 11.3. The van der Waals surface area contributed by atoms with Crippen LogP contribution in [0.15, 0.2) is 34.8 Å². The number of ether oxygens (including phenoxy) is 2. The summed E-state index contributed by atoms with van der Waals surface area (Å²) in [5, 5.41) is 10.8. The van der Waals surface area contributed by atoms with Gasteiger partial charge in [-0.25, -0.2) is 4.79 Å². The molecule has 0 N–H and O–H groups in total. The number of benzene rings is 1. The van der Waals surface area contributed by atoms with Crippen molar-refractivity contribution < 1.29 is 19.2 Å². The number of nitro groups is 1. The van der Waals surface area contributed by atoms with Crippen molar-refractivity contribution >= 4 is 27.6 Å². The predicted octanol–water partition coefficient (Wildman–Crippen LogP) is 2.86. The second kappa shape index (κ2) is 6.89. The van der Waals surface area contributed by atoms with Crippen LogP contribution in [0.3, 0.4) is 0 Å². The molecule has 0 bridgehead atoms. The quantitative estimate of drug-likeness (QED) is 0.347. The average molecular weight is 330 g/mol. The highest BCUT2D eigenvalue weighted by Gasteiger charge is 2.17. The Bertz CT molecular complexity index is 515. The highest BCUT2D eigenvalue weighted by molar-refractivity contribution is 9.10. The summed E-state index contributed by atoms with van der Waals surface area (Å²) in [5.74, 6) is -0.513. The summed E-state index contributed by atoms with van der Waals surface area (Å²) >= 11 is 3.14. The molecule has 0 spiro atoms. The van der Waals surface area contributed by atoms with E-state index in [4.69, 9.17) is 9.47 Å². The largest absolute Gasteiger partial charge is 0.482 e. The van der Waals surface area contributed by atoms with Crippen LogP contribution in [0.25, 0.3) is 0 Å². The van der Waals surface area contributed by atoms with Crippen LogP contribution in [-0.2, 0) is 9.53 Å². The lowest BCUT2D eigenvalue weighted by atomic mass is 10.3. The molecule has 0 saturated heterocycles. The Kier molecular flexibility index (Phi) is 5.50. The van der Waals surface area contributed by atoms with Crippen LogP contribution in [0.1, 0.15) is 6.92 Å². The van der Waals surface area contributed by atoms with Crippen molar-refractivity contribution in [3.63, 3.8) is 0 Å². The third-order valence-electron chi connectivity index (χ3n) is 2.08. The summed E-state index contributed by atoms with van der Waals surface area (Å²) in [5.41, 5.74) is -0.0925. The fraction of sp³-hybridized carbons (Fsp3) is 0.250. The minimum atomic E-state index is -0.581. The van der Waals surface area contributed by atoms with Crippen LogP contribution >= 0.6 is 15.9 Å². The number of halogens is 1. The molecule has 0 aliphatic carbocycles. The number of esters is 1. The summed E-state index contributed by atoms with van der Waals surface area (Å²) < 4.78 is 10.5. The first-order valence-corrected chi connectivity index (χ1v) is 6.16. The van der Waals surface area contributed by atoms with Crippen LogP contribution in [0.4, 0.5) is 5.69 Å². The molecule has 19 heavy (non-hydrogen) atoms. The summed E-state index contributed by atoms with van der Waals surface area (Å²) in [6.45, 7) is 5.24. The van der Waals surface area contributed by atoms with Crippen molar-refractivity contribution in [3.05, 3.63) is 44.9 Å². The second-order valence-electron chi connectivity index (χ2n) is 3.48. The zero-order valence-corrected chi connectivity index (χ0v) is 11.8. The third-order valence-corrected chi connectivity index (χ3v) is 2.58. The number of nitrogens with zero attached hydrogens (tertiary/aromatic N) is 1. The van der Waals surface area contributed by atoms with Gasteiger partial charge in [-0.1, -0.05) is 22.5 Å². The molecule has 0 amide bonds. The van der Waals surface area contributed by atoms with Crippen molar-refractivity contribution in [2.75, 3.05) is 13.2 Å². The highest BCUT2D eigenvalue weighted by Crippen LogP contribution is 2.30. The molecule has 0 heterocycles. The van der Waals surface area contributed by atoms with E-state index >= 15 is 0 Å². The van der Waals surface area contributed by atoms with Crippen LogP contribution < -0.4 is 4.74 Å². The van der Waals surface area contributed by atoms with E-state index in [1.165, 1.54) is 12.1 Å². The van der Waals surface area contributed by atoms with E-state index < -0.39 is 10.9 Å². The number of hydrogen-bond donors (Lipinski definition) is 0. The molecule has 0 aromatic heterocycles. The number of rotatable bonds is 6. The summed E-state index contributed by atoms with van der Waals surface area (Å²) in [6, 6.07) is 4.37. The Morgan fingerprint density at radius 1 is 1.53 bits per heavy atom. The Morgan fingerprint density at radius 2 is 2.21 bits per heavy atom. The van der Waals surface area contributed by atoms with Gasteiger partial charge in [-0.05, 0) is 19.1 Å². The Labute approximate surface area is 118 Å². The SMILES string of the molecule is C=C(COc1ccc(Br)cc1[N+](=O)[O-])C(=O)OCC. The lowest BCUT2D eigenvalue weighted by Gasteiger charge is -2.08. The van der Waals surface area contributed by atoms with E-state index in [2.05, 4.69) is 22.5 Å². The van der Waals surface area contributed by atoms with E-state index in [0.717, 1.165) is 0 Å². The number of hydrogen-bond acceptors (Lipinski definition) is 5. The van der Waals surface area contributed by atoms with Crippen LogP contribution in [0.2, 0.25) is 0 Å². The van der Waals surface area contributed by atoms with Gasteiger partial charge in [0.15, 0.2) is 5.75 Å². The zero-order valence-electron chi connectivity index (χ0n) is 10.2. The summed E-state index contributed by atoms with van der Waals surface area (Å²) in [7, 11) is 0. The van der Waals surface area contributed by atoms with Gasteiger partial charge in [-0.15, -0.1) is 0 Å². The van der Waals surface area contributed by atoms with Gasteiger partial charge in [0.2, 0.25) is 0 Å². The Balaban J connectivity index is 2.75. The Morgan fingerprint density at radius 3 is 2.79 bits per heavy atom. The van der Waals surface area contributed by atoms with E-state index in [9.17, 15) is 14.9 Å². The minimum Gasteiger partial charge on any atom is -0.482 e. The Hall–Kier alpha value is -1.89. The number of nitro benzene ring substituents is 1. The monoisotopic (exact) mass is 329 g/mol. The molecule has 102 valence electrons. The summed E-state index contributed by atoms with van der Waals surface area (Å²) in [6.07, 6.45) is 0. The van der Waals surface area contributed by atoms with Crippen molar-refractivity contribution in [1.29, 1.82) is 0 Å². The maximum Gasteiger partial charge on any atom is 0.336 e. The molecule has 1 rings (SSSR count). The molecule has 0 aliphatic rings. The molecule has 1 aromatic carbocycles. The minimum absolute atomic E-state index is 0.0682. The van der Waals surface area contributed by atoms with Crippen molar-refractivity contribution in [2.24, 2.45) is 0 Å². The first-order valence-electron chi connectivity index (χ1n) is 5.37. The molecule has 7 heteroatoms. The van der Waals surface area contributed by atoms with Gasteiger partial charge in [0.25, 0.3) is 0 Å². The molecule has 0 saturated carbocycles. The highest BCUT2D eigenvalue weighted by atomic mass is 79.9. The van der Waals surface area contributed by atoms with Gasteiger partial charge in [-0.3, -0.25) is 10.1 Å². The maximum absolute atomic E-state index is 11.3. The topological polar surface area (TPSA) is 78.7 Å². The van der Waals surface area contributed by atoms with Crippen molar-refractivity contribution in [2.45, 2.75) is 6.92 Å². The van der Waals surface area contributed by atoms with Gasteiger partial charge in [-0.2, -0.15) is 0 Å². The number of carbonyl (C=O) groups excluding carboxylic acids is 1. The van der Waals surface area contributed by atoms with E-state index in [1.807, 2.05) is 0 Å². The average Bonchev–Trinajstić information content (AvgIpc) is 2.36. The van der Waals surface area contributed by atoms with Crippen LogP contribution in [0.5, 0.6) is 5.75 Å². The lowest BCUT2D eigenvalue weighted by molar-refractivity contribution is -0.385. The molecule has 1 aromatic rings. The van der Waals surface area contributed by atoms with Crippen LogP contribution in [-0.4, -0.2) is 24.1 Å². The zero-order chi connectivity index (χ0) is 14.4. The molecule has 0 atom stereocenters. The molecular formula is C12H12BrNO5. The standard InChI is InChI=1S/C12H12BrNO5/c1-3-18-12(15)8(2)7-19-11-5-4-9(13)6-10(11)14(16)17/h4-6H,2-3,7H2,1H3. The van der Waals surface area contributed by atoms with Gasteiger partial charge in [0.1, 0.15) is 6.61 Å². The van der Waals surface area contributed by atoms with E-state index in [-0.39, 0.29) is 30.2 Å². The predicted molar refractivity (Wildman–Crippen MR) is 72.1 cm³/mol. The number of carbonyl (C=O) groups is 1. The normalized spacial score (nSPS) is 9.79. The second-order valence-corrected chi connectivity index (χ2v) is 4.40. The molecule has 0 aliphatic heterocycles. The first-order chi connectivity index (χ1) is 8.95. The third kappa shape index (κ3) is 4.36. The lowest BCUT2D eigenvalue weighted by Crippen LogP contribution is -2.13. The van der Waals surface area contributed by atoms with Gasteiger partial charge in [0, 0.05) is 10.5 Å². The van der Waals surface area contributed by atoms with E-state index in [0.29, 0.717) is 4.47 Å². The molecule has 0 radical (unpaired) electrons. The summed E-state index contributed by atoms with van der Waals surface area (Å²) in [4.78, 5) is 21.6. The molecule has 0 unspecified atom stereocenters. The smallest absolute Gasteiger partial charge is 0.336 e. The first kappa shape index (κ1) is 15.2. The van der Waals surface area contributed by atoms with Gasteiger partial charge in [0.05, 0.1) is 17.1 Å². The van der Waals surface area contributed by atoms with Crippen molar-refractivity contribution in [3.8, 4) is 5.75 Å². The fourth-order valence-electron chi connectivity index (χ4n) is 1.21. The van der Waals surface area contributed by atoms with Gasteiger partial charge < -0.3 is 9.47 Å².